The predicted octanol–water partition coefficient (Wildman–Crippen LogP) is 9.31. The van der Waals surface area contributed by atoms with Gasteiger partial charge in [0.2, 0.25) is 9.84 Å². The maximum absolute atomic E-state index is 13.1. The molecule has 0 bridgehead atoms. The number of sulfone groups is 1. The molecule has 0 aliphatic rings. The van der Waals surface area contributed by atoms with Crippen LogP contribution in [0.5, 0.6) is 0 Å². The number of aryl methyl sites for hydroxylation is 4. The Labute approximate surface area is 392 Å². The van der Waals surface area contributed by atoms with Crippen LogP contribution in [0.15, 0.2) is 182 Å². The molecule has 7 rings (SSSR count). The second kappa shape index (κ2) is 21.9. The van der Waals surface area contributed by atoms with Crippen LogP contribution in [0.2, 0.25) is 0 Å². The van der Waals surface area contributed by atoms with Crippen molar-refractivity contribution in [3.8, 4) is 0 Å². The SMILES string of the molecule is O=C(O)c1ccc(S(=O)(=O)Nc2ccccc2CCCc2ccccc2C(=O)O)cc1.O=C(O)c1ccccc1CCCc1ccccc1NS(=O)(=O)c1ccc(S(=O)(=O)c2ccccc2)s1. The van der Waals surface area contributed by atoms with Gasteiger partial charge in [0, 0.05) is 0 Å². The predicted molar refractivity (Wildman–Crippen MR) is 255 cm³/mol. The molecule has 1 heterocycles. The van der Waals surface area contributed by atoms with Crippen LogP contribution in [-0.2, 0) is 55.6 Å². The lowest BCUT2D eigenvalue weighted by atomic mass is 9.99. The maximum atomic E-state index is 13.1. The van der Waals surface area contributed by atoms with Crippen LogP contribution in [0.4, 0.5) is 11.4 Å². The van der Waals surface area contributed by atoms with E-state index in [1.165, 1.54) is 48.5 Å². The van der Waals surface area contributed by atoms with Crippen molar-refractivity contribution in [1.29, 1.82) is 0 Å². The van der Waals surface area contributed by atoms with Crippen molar-refractivity contribution in [1.82, 2.24) is 0 Å². The number of carboxylic acids is 3. The van der Waals surface area contributed by atoms with Crippen LogP contribution in [0, 0.1) is 0 Å². The van der Waals surface area contributed by atoms with Gasteiger partial charge in [-0.05, 0) is 134 Å². The summed E-state index contributed by atoms with van der Waals surface area (Å²) in [6.45, 7) is 0. The minimum Gasteiger partial charge on any atom is -0.478 e. The van der Waals surface area contributed by atoms with E-state index in [9.17, 15) is 49.9 Å². The second-order valence-corrected chi connectivity index (χ2v) is 21.7. The van der Waals surface area contributed by atoms with Crippen molar-refractivity contribution in [2.75, 3.05) is 9.44 Å². The summed E-state index contributed by atoms with van der Waals surface area (Å²) in [5.41, 5.74) is 4.32. The Morgan fingerprint density at radius 2 is 0.806 bits per heavy atom. The van der Waals surface area contributed by atoms with Crippen molar-refractivity contribution >= 4 is 70.5 Å². The third-order valence-corrected chi connectivity index (χ3v) is 16.9. The van der Waals surface area contributed by atoms with Gasteiger partial charge < -0.3 is 15.3 Å². The highest BCUT2D eigenvalue weighted by molar-refractivity contribution is 7.96. The lowest BCUT2D eigenvalue weighted by molar-refractivity contribution is 0.0684. The highest BCUT2D eigenvalue weighted by atomic mass is 32.3. The van der Waals surface area contributed by atoms with Gasteiger partial charge in [-0.15, -0.1) is 11.3 Å². The average molecular weight is 981 g/mol. The number of hydrogen-bond donors (Lipinski definition) is 5. The Kier molecular flexibility index (Phi) is 16.1. The molecule has 1 aromatic heterocycles. The van der Waals surface area contributed by atoms with Gasteiger partial charge in [0.25, 0.3) is 20.0 Å². The number of carbonyl (C=O) groups is 3. The highest BCUT2D eigenvalue weighted by Crippen LogP contribution is 2.32. The number of benzene rings is 6. The number of aromatic carboxylic acids is 3. The van der Waals surface area contributed by atoms with E-state index in [0.717, 1.165) is 16.7 Å². The minimum atomic E-state index is -4.03. The summed E-state index contributed by atoms with van der Waals surface area (Å²) in [7, 11) is -11.7. The van der Waals surface area contributed by atoms with E-state index in [0.29, 0.717) is 66.8 Å². The van der Waals surface area contributed by atoms with E-state index in [1.807, 2.05) is 6.07 Å². The minimum absolute atomic E-state index is 0.000919. The molecule has 7 aromatic rings. The molecule has 0 aliphatic carbocycles. The molecule has 6 aromatic carbocycles. The molecule has 346 valence electrons. The molecule has 5 N–H and O–H groups in total. The quantitative estimate of drug-likeness (QED) is 0.0510. The molecule has 0 saturated carbocycles. The molecule has 0 radical (unpaired) electrons. The first kappa shape index (κ1) is 49.3. The fourth-order valence-electron chi connectivity index (χ4n) is 6.99. The molecule has 0 unspecified atom stereocenters. The summed E-state index contributed by atoms with van der Waals surface area (Å²) < 4.78 is 82.3. The summed E-state index contributed by atoms with van der Waals surface area (Å²) in [5, 5.41) is 27.6. The molecule has 0 aliphatic heterocycles. The topological polar surface area (TPSA) is 238 Å². The summed E-state index contributed by atoms with van der Waals surface area (Å²) in [4.78, 5) is 33.8. The van der Waals surface area contributed by atoms with Crippen molar-refractivity contribution in [3.63, 3.8) is 0 Å². The Morgan fingerprint density at radius 1 is 0.403 bits per heavy atom. The fraction of sp³-hybridized carbons (Fsp3) is 0.122. The van der Waals surface area contributed by atoms with Gasteiger partial charge in [-0.1, -0.05) is 91.0 Å². The average Bonchev–Trinajstić information content (AvgIpc) is 3.84. The first-order chi connectivity index (χ1) is 32.0. The summed E-state index contributed by atoms with van der Waals surface area (Å²) in [6, 6.07) is 43.0. The van der Waals surface area contributed by atoms with Crippen LogP contribution >= 0.6 is 11.3 Å². The zero-order valence-corrected chi connectivity index (χ0v) is 38.7. The molecule has 0 saturated heterocycles. The number of rotatable bonds is 19. The van der Waals surface area contributed by atoms with Gasteiger partial charge in [0.1, 0.15) is 8.42 Å². The Hall–Kier alpha value is -7.12. The second-order valence-electron chi connectivity index (χ2n) is 14.9. The van der Waals surface area contributed by atoms with Gasteiger partial charge in [0.05, 0.1) is 37.9 Å². The van der Waals surface area contributed by atoms with Gasteiger partial charge in [-0.2, -0.15) is 0 Å². The number of hydrogen-bond acceptors (Lipinski definition) is 10. The van der Waals surface area contributed by atoms with E-state index < -0.39 is 47.8 Å². The molecular formula is C49H44N2O12S4. The van der Waals surface area contributed by atoms with Crippen LogP contribution in [0.3, 0.4) is 0 Å². The van der Waals surface area contributed by atoms with Crippen molar-refractivity contribution in [2.45, 2.75) is 56.7 Å². The molecule has 0 atom stereocenters. The molecule has 0 spiro atoms. The van der Waals surface area contributed by atoms with Gasteiger partial charge in [-0.25, -0.2) is 39.6 Å². The van der Waals surface area contributed by atoms with Gasteiger partial charge in [0.15, 0.2) is 0 Å². The normalized spacial score (nSPS) is 11.5. The van der Waals surface area contributed by atoms with E-state index in [4.69, 9.17) is 5.11 Å². The standard InChI is InChI=1S/C26H23NO6S3.C23H21NO6S/c28-26(29)22-15-6-4-9-19(22)11-8-12-20-10-5-7-16-23(20)27-36(32,33)25-18-17-24(34-25)35(30,31)21-13-2-1-3-14-21;25-22(26)18-12-14-19(15-13-18)31(29,30)24-21-11-4-2-7-17(21)9-5-8-16-6-1-3-10-20(16)23(27)28/h1-7,9-10,13-18,27H,8,11-12H2,(H,28,29);1-4,6-7,10-15,24H,5,8-9H2,(H,25,26)(H,27,28). The number of sulfonamides is 2. The number of anilines is 2. The fourth-order valence-corrected chi connectivity index (χ4v) is 12.4. The first-order valence-electron chi connectivity index (χ1n) is 20.5. The third-order valence-electron chi connectivity index (χ3n) is 10.4. The van der Waals surface area contributed by atoms with Gasteiger partial charge in [-0.3, -0.25) is 9.44 Å². The van der Waals surface area contributed by atoms with E-state index in [1.54, 1.807) is 109 Å². The Balaban J connectivity index is 0.000000224. The summed E-state index contributed by atoms with van der Waals surface area (Å²) >= 11 is 0.692. The van der Waals surface area contributed by atoms with Crippen molar-refractivity contribution < 1.29 is 55.0 Å². The Morgan fingerprint density at radius 3 is 1.28 bits per heavy atom. The lowest BCUT2D eigenvalue weighted by Gasteiger charge is -2.13. The number of thiophene rings is 1. The number of para-hydroxylation sites is 2. The van der Waals surface area contributed by atoms with Crippen molar-refractivity contribution in [2.24, 2.45) is 0 Å². The highest BCUT2D eigenvalue weighted by Gasteiger charge is 2.25. The van der Waals surface area contributed by atoms with Crippen LogP contribution in [0.1, 0.15) is 66.2 Å². The van der Waals surface area contributed by atoms with Gasteiger partial charge >= 0.3 is 17.9 Å². The molecule has 0 fully saturated rings. The molecule has 14 nitrogen and oxygen atoms in total. The molecule has 0 amide bonds. The van der Waals surface area contributed by atoms with Crippen LogP contribution in [-0.4, -0.2) is 58.5 Å². The zero-order chi connectivity index (χ0) is 48.2. The first-order valence-corrected chi connectivity index (χ1v) is 25.8. The Bertz CT molecular complexity index is 3230. The maximum Gasteiger partial charge on any atom is 0.335 e. The van der Waals surface area contributed by atoms with Crippen molar-refractivity contribution in [3.05, 3.63) is 203 Å². The largest absolute Gasteiger partial charge is 0.478 e. The smallest absolute Gasteiger partial charge is 0.335 e. The summed E-state index contributed by atoms with van der Waals surface area (Å²) in [5.74, 6) is -3.09. The third kappa shape index (κ3) is 12.8. The summed E-state index contributed by atoms with van der Waals surface area (Å²) in [6.07, 6.45) is 3.38. The number of carboxylic acid groups (broad SMARTS) is 3. The molecule has 67 heavy (non-hydrogen) atoms. The van der Waals surface area contributed by atoms with E-state index in [-0.39, 0.29) is 34.9 Å². The zero-order valence-electron chi connectivity index (χ0n) is 35.5. The monoisotopic (exact) mass is 980 g/mol. The van der Waals surface area contributed by atoms with Crippen LogP contribution < -0.4 is 9.44 Å². The van der Waals surface area contributed by atoms with E-state index in [2.05, 4.69) is 9.44 Å². The van der Waals surface area contributed by atoms with Crippen LogP contribution in [0.25, 0.3) is 0 Å². The van der Waals surface area contributed by atoms with E-state index >= 15 is 0 Å². The lowest BCUT2D eigenvalue weighted by Crippen LogP contribution is -2.14. The molecular weight excluding hydrogens is 937 g/mol. The number of nitrogens with one attached hydrogen (secondary N) is 2. The molecule has 18 heteroatoms.